The molecule has 1 aliphatic rings. The number of hydrogen-bond donors (Lipinski definition) is 2. The lowest BCUT2D eigenvalue weighted by Gasteiger charge is -2.30. The number of rotatable bonds is 7. The first kappa shape index (κ1) is 13.0. The van der Waals surface area contributed by atoms with Crippen molar-refractivity contribution in [2.75, 3.05) is 13.2 Å². The predicted octanol–water partition coefficient (Wildman–Crippen LogP) is 2.71. The molecule has 2 nitrogen and oxygen atoms in total. The Kier molecular flexibility index (Phi) is 7.03. The van der Waals surface area contributed by atoms with E-state index in [0.717, 1.165) is 31.3 Å². The van der Waals surface area contributed by atoms with Gasteiger partial charge in [-0.2, -0.15) is 0 Å². The van der Waals surface area contributed by atoms with Gasteiger partial charge in [0.15, 0.2) is 0 Å². The van der Waals surface area contributed by atoms with Gasteiger partial charge in [-0.25, -0.2) is 0 Å². The quantitative estimate of drug-likeness (QED) is 0.637. The average Bonchev–Trinajstić information content (AvgIpc) is 2.30. The molecule has 1 saturated carbocycles. The lowest BCUT2D eigenvalue weighted by Crippen LogP contribution is -2.37. The highest BCUT2D eigenvalue weighted by Gasteiger charge is 2.21. The minimum absolute atomic E-state index is 0.335. The highest BCUT2D eigenvalue weighted by molar-refractivity contribution is 4.78. The van der Waals surface area contributed by atoms with E-state index in [1.54, 1.807) is 0 Å². The number of hydrogen-bond acceptors (Lipinski definition) is 2. The Morgan fingerprint density at radius 3 is 2.53 bits per heavy atom. The zero-order valence-corrected chi connectivity index (χ0v) is 10.2. The second-order valence-corrected chi connectivity index (χ2v) is 4.80. The first-order chi connectivity index (χ1) is 7.38. The van der Waals surface area contributed by atoms with Crippen LogP contribution >= 0.6 is 0 Å². The number of unbranched alkanes of at least 4 members (excludes halogenated alkanes) is 1. The molecule has 0 aromatic heterocycles. The largest absolute Gasteiger partial charge is 0.396 e. The van der Waals surface area contributed by atoms with E-state index in [-0.39, 0.29) is 0 Å². The van der Waals surface area contributed by atoms with E-state index in [2.05, 4.69) is 12.2 Å². The van der Waals surface area contributed by atoms with Crippen LogP contribution in [0.1, 0.15) is 58.3 Å². The van der Waals surface area contributed by atoms with Crippen molar-refractivity contribution in [2.45, 2.75) is 64.3 Å². The van der Waals surface area contributed by atoms with Gasteiger partial charge in [-0.15, -0.1) is 0 Å². The van der Waals surface area contributed by atoms with Crippen LogP contribution in [-0.4, -0.2) is 24.3 Å². The molecule has 15 heavy (non-hydrogen) atoms. The molecule has 0 amide bonds. The summed E-state index contributed by atoms with van der Waals surface area (Å²) >= 11 is 0. The van der Waals surface area contributed by atoms with Crippen molar-refractivity contribution in [3.63, 3.8) is 0 Å². The molecule has 1 atom stereocenters. The molecule has 1 fully saturated rings. The summed E-state index contributed by atoms with van der Waals surface area (Å²) < 4.78 is 0. The van der Waals surface area contributed by atoms with Crippen LogP contribution in [0.2, 0.25) is 0 Å². The van der Waals surface area contributed by atoms with Crippen molar-refractivity contribution >= 4 is 0 Å². The molecular formula is C13H27NO. The Hall–Kier alpha value is -0.0800. The van der Waals surface area contributed by atoms with Crippen molar-refractivity contribution in [2.24, 2.45) is 5.92 Å². The highest BCUT2D eigenvalue weighted by Crippen LogP contribution is 2.27. The fraction of sp³-hybridized carbons (Fsp3) is 1.00. The minimum atomic E-state index is 0.335. The van der Waals surface area contributed by atoms with Gasteiger partial charge in [0.25, 0.3) is 0 Å². The smallest absolute Gasteiger partial charge is 0.0431 e. The molecule has 0 radical (unpaired) electrons. The number of nitrogens with one attached hydrogen (secondary N) is 1. The maximum absolute atomic E-state index is 8.71. The molecule has 2 N–H and O–H groups in total. The lowest BCUT2D eigenvalue weighted by atomic mass is 9.83. The van der Waals surface area contributed by atoms with E-state index in [4.69, 9.17) is 5.11 Å². The number of aliphatic hydroxyl groups excluding tert-OH is 1. The summed E-state index contributed by atoms with van der Waals surface area (Å²) in [7, 11) is 0. The van der Waals surface area contributed by atoms with Crippen molar-refractivity contribution in [3.8, 4) is 0 Å². The molecule has 2 heteroatoms. The SMILES string of the molecule is CCC(NCCCCO)C1CCCCC1. The second-order valence-electron chi connectivity index (χ2n) is 4.80. The van der Waals surface area contributed by atoms with Gasteiger partial charge in [0.05, 0.1) is 0 Å². The molecule has 0 saturated heterocycles. The molecule has 0 spiro atoms. The summed E-state index contributed by atoms with van der Waals surface area (Å²) in [5, 5.41) is 12.4. The third-order valence-corrected chi connectivity index (χ3v) is 3.65. The van der Waals surface area contributed by atoms with Crippen molar-refractivity contribution in [1.29, 1.82) is 0 Å². The predicted molar refractivity (Wildman–Crippen MR) is 65.0 cm³/mol. The Morgan fingerprint density at radius 1 is 1.20 bits per heavy atom. The van der Waals surface area contributed by atoms with Gasteiger partial charge in [0.1, 0.15) is 0 Å². The zero-order valence-electron chi connectivity index (χ0n) is 10.2. The molecule has 0 bridgehead atoms. The van der Waals surface area contributed by atoms with Gasteiger partial charge < -0.3 is 10.4 Å². The van der Waals surface area contributed by atoms with E-state index in [9.17, 15) is 0 Å². The van der Waals surface area contributed by atoms with E-state index < -0.39 is 0 Å². The van der Waals surface area contributed by atoms with Crippen LogP contribution in [0.5, 0.6) is 0 Å². The van der Waals surface area contributed by atoms with Gasteiger partial charge in [0, 0.05) is 12.6 Å². The third kappa shape index (κ3) is 4.98. The molecule has 0 aliphatic heterocycles. The fourth-order valence-electron chi connectivity index (χ4n) is 2.71. The van der Waals surface area contributed by atoms with Crippen LogP contribution < -0.4 is 5.32 Å². The van der Waals surface area contributed by atoms with Gasteiger partial charge in [-0.3, -0.25) is 0 Å². The van der Waals surface area contributed by atoms with Crippen LogP contribution in [0, 0.1) is 5.92 Å². The van der Waals surface area contributed by atoms with Crippen molar-refractivity contribution < 1.29 is 5.11 Å². The van der Waals surface area contributed by atoms with E-state index in [1.165, 1.54) is 38.5 Å². The summed E-state index contributed by atoms with van der Waals surface area (Å²) in [4.78, 5) is 0. The summed E-state index contributed by atoms with van der Waals surface area (Å²) in [6.07, 6.45) is 10.4. The summed E-state index contributed by atoms with van der Waals surface area (Å²) in [6, 6.07) is 0.726. The molecule has 90 valence electrons. The molecule has 0 aromatic carbocycles. The Labute approximate surface area is 94.5 Å². The van der Waals surface area contributed by atoms with E-state index >= 15 is 0 Å². The third-order valence-electron chi connectivity index (χ3n) is 3.65. The maximum Gasteiger partial charge on any atom is 0.0431 e. The molecular weight excluding hydrogens is 186 g/mol. The molecule has 0 heterocycles. The van der Waals surface area contributed by atoms with Crippen LogP contribution in [0.15, 0.2) is 0 Å². The first-order valence-electron chi connectivity index (χ1n) is 6.72. The fourth-order valence-corrected chi connectivity index (χ4v) is 2.71. The highest BCUT2D eigenvalue weighted by atomic mass is 16.2. The summed E-state index contributed by atoms with van der Waals surface area (Å²) in [5.41, 5.74) is 0. The first-order valence-corrected chi connectivity index (χ1v) is 6.72. The Bertz CT molecular complexity index is 143. The van der Waals surface area contributed by atoms with Crippen LogP contribution in [0.3, 0.4) is 0 Å². The van der Waals surface area contributed by atoms with E-state index in [0.29, 0.717) is 6.61 Å². The lowest BCUT2D eigenvalue weighted by molar-refractivity contribution is 0.254. The van der Waals surface area contributed by atoms with Crippen LogP contribution in [0.4, 0.5) is 0 Å². The van der Waals surface area contributed by atoms with Crippen molar-refractivity contribution in [1.82, 2.24) is 5.32 Å². The topological polar surface area (TPSA) is 32.3 Å². The van der Waals surface area contributed by atoms with Crippen LogP contribution in [-0.2, 0) is 0 Å². The van der Waals surface area contributed by atoms with Gasteiger partial charge in [-0.05, 0) is 44.6 Å². The Morgan fingerprint density at radius 2 is 1.93 bits per heavy atom. The van der Waals surface area contributed by atoms with Crippen LogP contribution in [0.25, 0.3) is 0 Å². The average molecular weight is 213 g/mol. The van der Waals surface area contributed by atoms with Gasteiger partial charge in [-0.1, -0.05) is 26.2 Å². The van der Waals surface area contributed by atoms with Crippen molar-refractivity contribution in [3.05, 3.63) is 0 Å². The monoisotopic (exact) mass is 213 g/mol. The Balaban J connectivity index is 2.15. The molecule has 1 rings (SSSR count). The number of aliphatic hydroxyl groups is 1. The summed E-state index contributed by atoms with van der Waals surface area (Å²) in [5.74, 6) is 0.915. The molecule has 1 unspecified atom stereocenters. The van der Waals surface area contributed by atoms with Gasteiger partial charge >= 0.3 is 0 Å². The molecule has 1 aliphatic carbocycles. The summed E-state index contributed by atoms with van der Waals surface area (Å²) in [6.45, 7) is 3.70. The maximum atomic E-state index is 8.71. The zero-order chi connectivity index (χ0) is 10.9. The minimum Gasteiger partial charge on any atom is -0.396 e. The normalized spacial score (nSPS) is 20.4. The van der Waals surface area contributed by atoms with E-state index in [1.807, 2.05) is 0 Å². The van der Waals surface area contributed by atoms with Gasteiger partial charge in [0.2, 0.25) is 0 Å². The standard InChI is InChI=1S/C13H27NO/c1-2-13(14-10-6-7-11-15)12-8-4-3-5-9-12/h12-15H,2-11H2,1H3. The molecule has 0 aromatic rings. The second kappa shape index (κ2) is 8.12.